The second kappa shape index (κ2) is 10.2. The molecule has 0 aliphatic rings. The molecule has 1 N–H and O–H groups in total. The van der Waals surface area contributed by atoms with Crippen molar-refractivity contribution in [3.63, 3.8) is 0 Å². The van der Waals surface area contributed by atoms with Crippen LogP contribution in [0.1, 0.15) is 27.0 Å². The Hall–Kier alpha value is -4.47. The van der Waals surface area contributed by atoms with Gasteiger partial charge in [0, 0.05) is 17.8 Å². The van der Waals surface area contributed by atoms with Gasteiger partial charge in [0.15, 0.2) is 5.75 Å². The molecule has 1 aromatic heterocycles. The number of carbonyl (C=O) groups excluding carboxylic acids is 1. The van der Waals surface area contributed by atoms with Crippen molar-refractivity contribution in [2.24, 2.45) is 5.10 Å². The molecule has 0 aliphatic heterocycles. The lowest BCUT2D eigenvalue weighted by Gasteiger charge is -2.09. The monoisotopic (exact) mass is 450 g/mol. The fourth-order valence-corrected chi connectivity index (χ4v) is 3.24. The third kappa shape index (κ3) is 5.42. The molecule has 2 aromatic carbocycles. The number of aryl methyl sites for hydroxylation is 1. The average molecular weight is 450 g/mol. The van der Waals surface area contributed by atoms with Crippen LogP contribution in [0.2, 0.25) is 0 Å². The maximum atomic E-state index is 12.8. The van der Waals surface area contributed by atoms with Gasteiger partial charge in [0.25, 0.3) is 11.5 Å². The zero-order valence-corrected chi connectivity index (χ0v) is 18.3. The van der Waals surface area contributed by atoms with Crippen LogP contribution >= 0.6 is 0 Å². The number of aromatic nitrogens is 1. The molecule has 1 heterocycles. The highest BCUT2D eigenvalue weighted by Gasteiger charge is 2.21. The molecule has 3 rings (SSSR count). The third-order valence-corrected chi connectivity index (χ3v) is 4.76. The molecule has 10 nitrogen and oxygen atoms in total. The second-order valence-electron chi connectivity index (χ2n) is 7.08. The number of rotatable bonds is 8. The number of benzene rings is 2. The summed E-state index contributed by atoms with van der Waals surface area (Å²) in [7, 11) is 2.64. The van der Waals surface area contributed by atoms with Crippen LogP contribution in [0.3, 0.4) is 0 Å². The molecule has 0 saturated carbocycles. The highest BCUT2D eigenvalue weighted by atomic mass is 16.6. The lowest BCUT2D eigenvalue weighted by atomic mass is 10.1. The van der Waals surface area contributed by atoms with Gasteiger partial charge in [0.05, 0.1) is 31.9 Å². The van der Waals surface area contributed by atoms with E-state index >= 15 is 0 Å². The number of nitrogens with one attached hydrogen (secondary N) is 1. The van der Waals surface area contributed by atoms with E-state index in [0.29, 0.717) is 12.1 Å². The summed E-state index contributed by atoms with van der Waals surface area (Å²) in [5.74, 6) is -0.589. The minimum atomic E-state index is -0.704. The molecular weight excluding hydrogens is 428 g/mol. The highest BCUT2D eigenvalue weighted by Crippen LogP contribution is 2.37. The molecule has 0 bridgehead atoms. The van der Waals surface area contributed by atoms with E-state index in [9.17, 15) is 19.7 Å². The standard InChI is InChI=1S/C23H22N4O6/c1-15-6-4-7-16(10-15)14-26-9-5-8-18(23(26)29)22(28)25-24-13-17-11-19(27(30)31)21(33-3)20(12-17)32-2/h4-13H,14H2,1-3H3,(H,25,28)/b24-13-. The van der Waals surface area contributed by atoms with E-state index in [2.05, 4.69) is 10.5 Å². The SMILES string of the molecule is COc1cc(/C=N\NC(=O)c2cccn(Cc3cccc(C)c3)c2=O)cc([N+](=O)[O-])c1OC. The van der Waals surface area contributed by atoms with Crippen molar-refractivity contribution in [1.29, 1.82) is 0 Å². The van der Waals surface area contributed by atoms with Crippen LogP contribution in [0.4, 0.5) is 5.69 Å². The van der Waals surface area contributed by atoms with Gasteiger partial charge in [-0.2, -0.15) is 5.10 Å². The highest BCUT2D eigenvalue weighted by molar-refractivity contribution is 5.94. The summed E-state index contributed by atoms with van der Waals surface area (Å²) >= 11 is 0. The molecular formula is C23H22N4O6. The van der Waals surface area contributed by atoms with Gasteiger partial charge in [0.1, 0.15) is 5.56 Å². The zero-order valence-electron chi connectivity index (χ0n) is 18.3. The van der Waals surface area contributed by atoms with Crippen molar-refractivity contribution in [2.45, 2.75) is 13.5 Å². The number of nitro groups is 1. The first kappa shape index (κ1) is 23.2. The zero-order chi connectivity index (χ0) is 24.0. The third-order valence-electron chi connectivity index (χ3n) is 4.76. The van der Waals surface area contributed by atoms with Crippen molar-refractivity contribution in [1.82, 2.24) is 9.99 Å². The van der Waals surface area contributed by atoms with Gasteiger partial charge in [-0.25, -0.2) is 5.43 Å². The van der Waals surface area contributed by atoms with Crippen molar-refractivity contribution in [2.75, 3.05) is 14.2 Å². The molecule has 0 fully saturated rings. The van der Waals surface area contributed by atoms with Crippen LogP contribution in [0, 0.1) is 17.0 Å². The molecule has 0 aliphatic carbocycles. The summed E-state index contributed by atoms with van der Waals surface area (Å²) in [6.07, 6.45) is 2.81. The van der Waals surface area contributed by atoms with E-state index in [1.807, 2.05) is 31.2 Å². The lowest BCUT2D eigenvalue weighted by Crippen LogP contribution is -2.30. The molecule has 0 spiro atoms. The van der Waals surface area contributed by atoms with Gasteiger partial charge in [-0.1, -0.05) is 29.8 Å². The molecule has 0 atom stereocenters. The summed E-state index contributed by atoms with van der Waals surface area (Å²) in [5.41, 5.74) is 3.72. The quantitative estimate of drug-likeness (QED) is 0.320. The lowest BCUT2D eigenvalue weighted by molar-refractivity contribution is -0.385. The fourth-order valence-electron chi connectivity index (χ4n) is 3.24. The number of hydrogen-bond donors (Lipinski definition) is 1. The van der Waals surface area contributed by atoms with Crippen molar-refractivity contribution in [3.05, 3.63) is 97.4 Å². The summed E-state index contributed by atoms with van der Waals surface area (Å²) in [4.78, 5) is 36.0. The number of carbonyl (C=O) groups is 1. The van der Waals surface area contributed by atoms with Gasteiger partial charge < -0.3 is 14.0 Å². The van der Waals surface area contributed by atoms with Gasteiger partial charge in [-0.15, -0.1) is 0 Å². The number of methoxy groups -OCH3 is 2. The van der Waals surface area contributed by atoms with E-state index in [1.54, 1.807) is 12.3 Å². The van der Waals surface area contributed by atoms with Gasteiger partial charge in [0.2, 0.25) is 5.75 Å². The first-order valence-corrected chi connectivity index (χ1v) is 9.83. The summed E-state index contributed by atoms with van der Waals surface area (Å²) in [6, 6.07) is 13.4. The Morgan fingerprint density at radius 3 is 2.64 bits per heavy atom. The molecule has 3 aromatic rings. The number of pyridine rings is 1. The number of nitro benzene ring substituents is 1. The predicted molar refractivity (Wildman–Crippen MR) is 122 cm³/mol. The van der Waals surface area contributed by atoms with Crippen LogP contribution in [0.5, 0.6) is 11.5 Å². The van der Waals surface area contributed by atoms with Gasteiger partial charge in [-0.3, -0.25) is 19.7 Å². The summed E-state index contributed by atoms with van der Waals surface area (Å²) < 4.78 is 11.6. The van der Waals surface area contributed by atoms with E-state index in [0.717, 1.165) is 11.1 Å². The van der Waals surface area contributed by atoms with Gasteiger partial charge in [-0.05, 0) is 30.7 Å². The molecule has 33 heavy (non-hydrogen) atoms. The van der Waals surface area contributed by atoms with E-state index < -0.39 is 16.4 Å². The Balaban J connectivity index is 1.79. The Morgan fingerprint density at radius 1 is 1.18 bits per heavy atom. The van der Waals surface area contributed by atoms with Crippen molar-refractivity contribution < 1.29 is 19.2 Å². The largest absolute Gasteiger partial charge is 0.493 e. The van der Waals surface area contributed by atoms with Crippen LogP contribution in [-0.4, -0.2) is 35.8 Å². The molecule has 0 saturated heterocycles. The minimum absolute atomic E-state index is 0.0258. The predicted octanol–water partition coefficient (Wildman–Crippen LogP) is 2.89. The number of ether oxygens (including phenoxy) is 2. The minimum Gasteiger partial charge on any atom is -0.493 e. The topological polar surface area (TPSA) is 125 Å². The molecule has 10 heteroatoms. The Kier molecular flexibility index (Phi) is 7.19. The van der Waals surface area contributed by atoms with Crippen molar-refractivity contribution >= 4 is 17.8 Å². The maximum Gasteiger partial charge on any atom is 0.315 e. The second-order valence-corrected chi connectivity index (χ2v) is 7.08. The van der Waals surface area contributed by atoms with E-state index in [-0.39, 0.29) is 22.7 Å². The number of amides is 1. The first-order chi connectivity index (χ1) is 15.8. The summed E-state index contributed by atoms with van der Waals surface area (Å²) in [5, 5.41) is 15.1. The normalized spacial score (nSPS) is 10.8. The van der Waals surface area contributed by atoms with Crippen LogP contribution < -0.4 is 20.5 Å². The van der Waals surface area contributed by atoms with Crippen LogP contribution in [0.15, 0.2) is 64.6 Å². The fraction of sp³-hybridized carbons (Fsp3) is 0.174. The van der Waals surface area contributed by atoms with E-state index in [1.165, 1.54) is 43.2 Å². The Morgan fingerprint density at radius 2 is 1.97 bits per heavy atom. The molecule has 1 amide bonds. The maximum absolute atomic E-state index is 12.8. The smallest absolute Gasteiger partial charge is 0.315 e. The van der Waals surface area contributed by atoms with Gasteiger partial charge >= 0.3 is 5.69 Å². The number of hydrogen-bond acceptors (Lipinski definition) is 7. The van der Waals surface area contributed by atoms with E-state index in [4.69, 9.17) is 9.47 Å². The number of hydrazone groups is 1. The first-order valence-electron chi connectivity index (χ1n) is 9.83. The molecule has 0 unspecified atom stereocenters. The van der Waals surface area contributed by atoms with Crippen molar-refractivity contribution in [3.8, 4) is 11.5 Å². The van der Waals surface area contributed by atoms with Crippen LogP contribution in [-0.2, 0) is 6.54 Å². The summed E-state index contributed by atoms with van der Waals surface area (Å²) in [6.45, 7) is 2.28. The molecule has 170 valence electrons. The Bertz CT molecular complexity index is 1280. The molecule has 0 radical (unpaired) electrons. The average Bonchev–Trinajstić information content (AvgIpc) is 2.79. The number of nitrogens with zero attached hydrogens (tertiary/aromatic N) is 3. The Labute approximate surface area is 189 Å². The van der Waals surface area contributed by atoms with Crippen LogP contribution in [0.25, 0.3) is 0 Å².